The number of unbranched alkanes of at least 4 members (excludes halogenated alkanes) is 1. The summed E-state index contributed by atoms with van der Waals surface area (Å²) in [4.78, 5) is 0.755. The predicted molar refractivity (Wildman–Crippen MR) is 72.3 cm³/mol. The molecule has 17 heavy (non-hydrogen) atoms. The van der Waals surface area contributed by atoms with Crippen molar-refractivity contribution in [2.75, 3.05) is 6.54 Å². The first kappa shape index (κ1) is 14.1. The lowest BCUT2D eigenvalue weighted by atomic mass is 10.2. The number of rotatable bonds is 7. The third-order valence-corrected chi connectivity index (χ3v) is 3.88. The quantitative estimate of drug-likeness (QED) is 0.581. The third-order valence-electron chi connectivity index (χ3n) is 2.20. The van der Waals surface area contributed by atoms with Crippen LogP contribution < -0.4 is 10.5 Å². The van der Waals surface area contributed by atoms with Crippen molar-refractivity contribution >= 4 is 27.2 Å². The van der Waals surface area contributed by atoms with E-state index in [1.807, 2.05) is 0 Å². The maximum atomic E-state index is 11.8. The van der Waals surface area contributed by atoms with Gasteiger partial charge < -0.3 is 5.73 Å². The lowest BCUT2D eigenvalue weighted by molar-refractivity contribution is 0.577. The summed E-state index contributed by atoms with van der Waals surface area (Å²) in [6.07, 6.45) is 2.18. The fourth-order valence-electron chi connectivity index (χ4n) is 1.31. The van der Waals surface area contributed by atoms with E-state index in [1.54, 1.807) is 30.3 Å². The Kier molecular flexibility index (Phi) is 5.54. The molecule has 0 bridgehead atoms. The molecular weight excluding hydrogens is 256 g/mol. The summed E-state index contributed by atoms with van der Waals surface area (Å²) in [5.74, 6) is 0. The average Bonchev–Trinajstić information content (AvgIpc) is 2.29. The van der Waals surface area contributed by atoms with Gasteiger partial charge in [0.25, 0.3) is 0 Å². The molecule has 0 spiro atoms. The first-order valence-corrected chi connectivity index (χ1v) is 7.24. The van der Waals surface area contributed by atoms with Gasteiger partial charge in [-0.05, 0) is 31.4 Å². The molecule has 0 atom stereocenters. The van der Waals surface area contributed by atoms with E-state index in [-0.39, 0.29) is 4.90 Å². The van der Waals surface area contributed by atoms with Crippen molar-refractivity contribution in [3.05, 3.63) is 30.3 Å². The van der Waals surface area contributed by atoms with Crippen molar-refractivity contribution < 1.29 is 8.42 Å². The number of thiocarbonyl (C=S) groups is 1. The van der Waals surface area contributed by atoms with Gasteiger partial charge in [0.05, 0.1) is 9.88 Å². The van der Waals surface area contributed by atoms with Crippen LogP contribution in [0.15, 0.2) is 35.2 Å². The molecule has 1 rings (SSSR count). The number of nitrogens with one attached hydrogen (secondary N) is 1. The Balaban J connectivity index is 2.39. The highest BCUT2D eigenvalue weighted by Gasteiger charge is 2.11. The van der Waals surface area contributed by atoms with Gasteiger partial charge >= 0.3 is 0 Å². The predicted octanol–water partition coefficient (Wildman–Crippen LogP) is 1.42. The van der Waals surface area contributed by atoms with Crippen molar-refractivity contribution in [1.29, 1.82) is 0 Å². The van der Waals surface area contributed by atoms with E-state index in [4.69, 9.17) is 18.0 Å². The summed E-state index contributed by atoms with van der Waals surface area (Å²) >= 11 is 4.73. The minimum Gasteiger partial charge on any atom is -0.393 e. The molecule has 1 aromatic carbocycles. The van der Waals surface area contributed by atoms with E-state index in [0.717, 1.165) is 12.8 Å². The summed E-state index contributed by atoms with van der Waals surface area (Å²) in [5.41, 5.74) is 5.34. The molecular formula is C11H16N2O2S2. The number of hydrogen-bond acceptors (Lipinski definition) is 3. The van der Waals surface area contributed by atoms with Crippen molar-refractivity contribution in [2.24, 2.45) is 5.73 Å². The summed E-state index contributed by atoms with van der Waals surface area (Å²) in [6, 6.07) is 8.30. The van der Waals surface area contributed by atoms with Gasteiger partial charge in [-0.3, -0.25) is 0 Å². The van der Waals surface area contributed by atoms with Gasteiger partial charge in [-0.25, -0.2) is 13.1 Å². The Hall–Kier alpha value is -0.980. The van der Waals surface area contributed by atoms with Gasteiger partial charge in [-0.15, -0.1) is 0 Å². The van der Waals surface area contributed by atoms with Crippen LogP contribution in [0.1, 0.15) is 19.3 Å². The van der Waals surface area contributed by atoms with Crippen LogP contribution in [-0.2, 0) is 10.0 Å². The van der Waals surface area contributed by atoms with E-state index in [0.29, 0.717) is 18.0 Å². The van der Waals surface area contributed by atoms with Crippen LogP contribution in [0.25, 0.3) is 0 Å². The first-order chi connectivity index (χ1) is 8.02. The first-order valence-electron chi connectivity index (χ1n) is 5.35. The molecule has 6 heteroatoms. The van der Waals surface area contributed by atoms with Gasteiger partial charge in [0.15, 0.2) is 0 Å². The molecule has 0 aromatic heterocycles. The molecule has 0 radical (unpaired) electrons. The maximum absolute atomic E-state index is 11.8. The van der Waals surface area contributed by atoms with E-state index >= 15 is 0 Å². The molecule has 0 heterocycles. The maximum Gasteiger partial charge on any atom is 0.240 e. The molecule has 0 saturated carbocycles. The van der Waals surface area contributed by atoms with Gasteiger partial charge in [0.2, 0.25) is 10.0 Å². The van der Waals surface area contributed by atoms with Gasteiger partial charge in [0, 0.05) is 6.54 Å². The highest BCUT2D eigenvalue weighted by molar-refractivity contribution is 7.89. The minimum atomic E-state index is -3.38. The van der Waals surface area contributed by atoms with Gasteiger partial charge in [0.1, 0.15) is 0 Å². The Bertz CT molecular complexity index is 458. The normalized spacial score (nSPS) is 11.3. The van der Waals surface area contributed by atoms with Crippen molar-refractivity contribution in [3.8, 4) is 0 Å². The van der Waals surface area contributed by atoms with E-state index < -0.39 is 10.0 Å². The summed E-state index contributed by atoms with van der Waals surface area (Å²) in [7, 11) is -3.38. The van der Waals surface area contributed by atoms with Gasteiger partial charge in [-0.2, -0.15) is 0 Å². The van der Waals surface area contributed by atoms with Crippen LogP contribution in [0.3, 0.4) is 0 Å². The summed E-state index contributed by atoms with van der Waals surface area (Å²) < 4.78 is 26.1. The van der Waals surface area contributed by atoms with Crippen LogP contribution >= 0.6 is 12.2 Å². The van der Waals surface area contributed by atoms with Crippen LogP contribution in [0, 0.1) is 0 Å². The molecule has 1 aromatic rings. The summed E-state index contributed by atoms with van der Waals surface area (Å²) in [6.45, 7) is 0.403. The minimum absolute atomic E-state index is 0.286. The van der Waals surface area contributed by atoms with E-state index in [1.165, 1.54) is 0 Å². The lowest BCUT2D eigenvalue weighted by Gasteiger charge is -2.06. The Morgan fingerprint density at radius 1 is 1.24 bits per heavy atom. The highest BCUT2D eigenvalue weighted by Crippen LogP contribution is 2.07. The third kappa shape index (κ3) is 5.25. The molecule has 0 amide bonds. The van der Waals surface area contributed by atoms with Crippen LogP contribution in [0.4, 0.5) is 0 Å². The smallest absolute Gasteiger partial charge is 0.240 e. The topological polar surface area (TPSA) is 72.2 Å². The molecule has 0 unspecified atom stereocenters. The molecule has 0 aliphatic rings. The van der Waals surface area contributed by atoms with E-state index in [9.17, 15) is 8.42 Å². The Morgan fingerprint density at radius 3 is 2.47 bits per heavy atom. The second-order valence-electron chi connectivity index (χ2n) is 3.63. The molecule has 94 valence electrons. The molecule has 0 aliphatic carbocycles. The highest BCUT2D eigenvalue weighted by atomic mass is 32.2. The second-order valence-corrected chi connectivity index (χ2v) is 5.93. The van der Waals surface area contributed by atoms with Crippen LogP contribution in [-0.4, -0.2) is 20.0 Å². The number of hydrogen-bond donors (Lipinski definition) is 2. The standard InChI is InChI=1S/C11H16N2O2S2/c12-11(16)8-4-5-9-13-17(14,15)10-6-2-1-3-7-10/h1-3,6-7,13H,4-5,8-9H2,(H2,12,16). The molecule has 0 aliphatic heterocycles. The van der Waals surface area contributed by atoms with Gasteiger partial charge in [-0.1, -0.05) is 30.4 Å². The van der Waals surface area contributed by atoms with Crippen molar-refractivity contribution in [1.82, 2.24) is 4.72 Å². The van der Waals surface area contributed by atoms with Crippen LogP contribution in [0.5, 0.6) is 0 Å². The Labute approximate surface area is 107 Å². The molecule has 4 nitrogen and oxygen atoms in total. The largest absolute Gasteiger partial charge is 0.393 e. The monoisotopic (exact) mass is 272 g/mol. The summed E-state index contributed by atoms with van der Waals surface area (Å²) in [5, 5.41) is 0. The fraction of sp³-hybridized carbons (Fsp3) is 0.364. The van der Waals surface area contributed by atoms with Crippen molar-refractivity contribution in [2.45, 2.75) is 24.2 Å². The second kappa shape index (κ2) is 6.68. The van der Waals surface area contributed by atoms with Crippen LogP contribution in [0.2, 0.25) is 0 Å². The number of sulfonamides is 1. The molecule has 0 fully saturated rings. The Morgan fingerprint density at radius 2 is 1.88 bits per heavy atom. The lowest BCUT2D eigenvalue weighted by Crippen LogP contribution is -2.24. The molecule has 0 saturated heterocycles. The average molecular weight is 272 g/mol. The zero-order valence-corrected chi connectivity index (χ0v) is 11.1. The van der Waals surface area contributed by atoms with E-state index in [2.05, 4.69) is 4.72 Å². The zero-order chi connectivity index (χ0) is 12.7. The van der Waals surface area contributed by atoms with Crippen molar-refractivity contribution in [3.63, 3.8) is 0 Å². The number of benzene rings is 1. The SMILES string of the molecule is NC(=S)CCCCNS(=O)(=O)c1ccccc1. The fourth-order valence-corrected chi connectivity index (χ4v) is 2.55. The number of nitrogens with two attached hydrogens (primary N) is 1. The zero-order valence-electron chi connectivity index (χ0n) is 9.43. The molecule has 3 N–H and O–H groups in total.